The average molecular weight is 533 g/mol. The molecule has 182 valence electrons. The number of aryl methyl sites for hydroxylation is 1. The second-order valence-electron chi connectivity index (χ2n) is 7.03. The van der Waals surface area contributed by atoms with Gasteiger partial charge in [-0.1, -0.05) is 35.3 Å². The summed E-state index contributed by atoms with van der Waals surface area (Å²) in [4.78, 5) is 12.6. The lowest BCUT2D eigenvalue weighted by molar-refractivity contribution is -0.138. The highest BCUT2D eigenvalue weighted by molar-refractivity contribution is 6.34. The van der Waals surface area contributed by atoms with Crippen molar-refractivity contribution >= 4 is 40.9 Å². The lowest BCUT2D eigenvalue weighted by atomic mass is 10.1. The number of amides is 1. The van der Waals surface area contributed by atoms with Crippen LogP contribution in [0.4, 0.5) is 32.0 Å². The Bertz CT molecular complexity index is 1370. The van der Waals surface area contributed by atoms with Crippen LogP contribution < -0.4 is 5.32 Å². The highest BCUT2D eigenvalue weighted by atomic mass is 35.5. The number of halogens is 8. The van der Waals surface area contributed by atoms with E-state index in [-0.39, 0.29) is 27.1 Å². The van der Waals surface area contributed by atoms with E-state index < -0.39 is 40.6 Å². The number of hydrogen-bond acceptors (Lipinski definition) is 3. The fourth-order valence-electron chi connectivity index (χ4n) is 3.01. The van der Waals surface area contributed by atoms with Crippen LogP contribution in [0.5, 0.6) is 0 Å². The maximum Gasteiger partial charge on any atom is 0.418 e. The van der Waals surface area contributed by atoms with Crippen molar-refractivity contribution in [1.29, 1.82) is 5.26 Å². The van der Waals surface area contributed by atoms with Gasteiger partial charge in [0.05, 0.1) is 33.2 Å². The van der Waals surface area contributed by atoms with E-state index in [1.54, 1.807) is 6.07 Å². The van der Waals surface area contributed by atoms with Crippen LogP contribution in [0.25, 0.3) is 11.8 Å². The summed E-state index contributed by atoms with van der Waals surface area (Å²) >= 11 is 12.1. The van der Waals surface area contributed by atoms with Crippen LogP contribution in [0.15, 0.2) is 48.0 Å². The van der Waals surface area contributed by atoms with Crippen molar-refractivity contribution in [2.45, 2.75) is 19.3 Å². The molecule has 1 heterocycles. The third-order valence-corrected chi connectivity index (χ3v) is 5.37. The van der Waals surface area contributed by atoms with Crippen molar-refractivity contribution in [2.75, 3.05) is 5.32 Å². The third-order valence-electron chi connectivity index (χ3n) is 4.68. The summed E-state index contributed by atoms with van der Waals surface area (Å²) in [5, 5.41) is 15.0. The fourth-order valence-corrected chi connectivity index (χ4v) is 3.50. The van der Waals surface area contributed by atoms with Gasteiger partial charge in [0.15, 0.2) is 0 Å². The van der Waals surface area contributed by atoms with Crippen molar-refractivity contribution in [2.24, 2.45) is 0 Å². The van der Waals surface area contributed by atoms with E-state index >= 15 is 0 Å². The van der Waals surface area contributed by atoms with Crippen LogP contribution in [-0.2, 0) is 17.1 Å². The quantitative estimate of drug-likeness (QED) is 0.222. The standard InChI is InChI=1S/C22H12Cl2F6N4O/c1-11-14(19(24)34(33-11)18-5-3-2-4-15(18)22(28,29)30)8-12(10-31)20(35)32-17-9-13(21(25,26)27)6-7-16(17)23/h2-9H,1H3,(H,32,35)/b12-8+. The monoisotopic (exact) mass is 532 g/mol. The van der Waals surface area contributed by atoms with Crippen LogP contribution in [0.1, 0.15) is 22.4 Å². The first-order valence-electron chi connectivity index (χ1n) is 9.45. The molecule has 3 aromatic rings. The molecule has 13 heteroatoms. The molecule has 0 saturated heterocycles. The second kappa shape index (κ2) is 9.64. The smallest absolute Gasteiger partial charge is 0.320 e. The Morgan fingerprint density at radius 3 is 2.34 bits per heavy atom. The molecule has 3 rings (SSSR count). The highest BCUT2D eigenvalue weighted by Gasteiger charge is 2.35. The summed E-state index contributed by atoms with van der Waals surface area (Å²) in [7, 11) is 0. The maximum absolute atomic E-state index is 13.4. The van der Waals surface area contributed by atoms with Gasteiger partial charge in [0, 0.05) is 5.56 Å². The van der Waals surface area contributed by atoms with Gasteiger partial charge >= 0.3 is 12.4 Å². The molecule has 0 bridgehead atoms. The molecule has 0 saturated carbocycles. The fraction of sp³-hybridized carbons (Fsp3) is 0.136. The number of nitrogens with one attached hydrogen (secondary N) is 1. The number of carbonyl (C=O) groups excluding carboxylic acids is 1. The molecule has 1 N–H and O–H groups in total. The minimum Gasteiger partial charge on any atom is -0.320 e. The van der Waals surface area contributed by atoms with Crippen molar-refractivity contribution < 1.29 is 31.1 Å². The number of benzene rings is 2. The van der Waals surface area contributed by atoms with Gasteiger partial charge in [0.25, 0.3) is 5.91 Å². The Kier molecular flexibility index (Phi) is 7.19. The zero-order chi connectivity index (χ0) is 26.1. The summed E-state index contributed by atoms with van der Waals surface area (Å²) in [6.45, 7) is 1.39. The first-order valence-corrected chi connectivity index (χ1v) is 10.2. The van der Waals surface area contributed by atoms with Crippen molar-refractivity contribution in [3.05, 3.63) is 80.6 Å². The zero-order valence-corrected chi connectivity index (χ0v) is 18.9. The maximum atomic E-state index is 13.4. The molecule has 0 aliphatic heterocycles. The Balaban J connectivity index is 2.01. The van der Waals surface area contributed by atoms with E-state index in [2.05, 4.69) is 10.4 Å². The summed E-state index contributed by atoms with van der Waals surface area (Å²) in [5.41, 5.74) is -3.43. The molecule has 35 heavy (non-hydrogen) atoms. The zero-order valence-electron chi connectivity index (χ0n) is 17.4. The predicted molar refractivity (Wildman–Crippen MR) is 117 cm³/mol. The van der Waals surface area contributed by atoms with Gasteiger partial charge in [-0.25, -0.2) is 4.68 Å². The molecule has 5 nitrogen and oxygen atoms in total. The Hall–Kier alpha value is -3.49. The minimum atomic E-state index is -4.71. The van der Waals surface area contributed by atoms with Crippen molar-refractivity contribution in [1.82, 2.24) is 9.78 Å². The van der Waals surface area contributed by atoms with Crippen LogP contribution in [0, 0.1) is 18.3 Å². The van der Waals surface area contributed by atoms with E-state index in [0.29, 0.717) is 6.07 Å². The number of rotatable bonds is 4. The summed E-state index contributed by atoms with van der Waals surface area (Å²) in [6.07, 6.45) is -8.45. The lowest BCUT2D eigenvalue weighted by Gasteiger charge is -2.13. The second-order valence-corrected chi connectivity index (χ2v) is 7.80. The molecule has 0 fully saturated rings. The molecule has 0 spiro atoms. The summed E-state index contributed by atoms with van der Waals surface area (Å²) < 4.78 is 79.9. The Labute approximate surface area is 204 Å². The first kappa shape index (κ1) is 26.1. The van der Waals surface area contributed by atoms with E-state index in [1.807, 2.05) is 0 Å². The normalized spacial score (nSPS) is 12.4. The predicted octanol–water partition coefficient (Wildman–Crippen LogP) is 7.07. The molecular formula is C22H12Cl2F6N4O. The van der Waals surface area contributed by atoms with Crippen molar-refractivity contribution in [3.8, 4) is 11.8 Å². The molecule has 1 amide bonds. The molecule has 0 radical (unpaired) electrons. The number of alkyl halides is 6. The molecule has 0 aliphatic rings. The summed E-state index contributed by atoms with van der Waals surface area (Å²) in [6, 6.07) is 8.34. The number of hydrogen-bond donors (Lipinski definition) is 1. The number of nitriles is 1. The van der Waals surface area contributed by atoms with Gasteiger partial charge < -0.3 is 5.32 Å². The summed E-state index contributed by atoms with van der Waals surface area (Å²) in [5.74, 6) is -1.12. The average Bonchev–Trinajstić information content (AvgIpc) is 3.05. The van der Waals surface area contributed by atoms with Gasteiger partial charge in [-0.2, -0.15) is 36.7 Å². The number of aromatic nitrogens is 2. The van der Waals surface area contributed by atoms with E-state index in [4.69, 9.17) is 23.2 Å². The topological polar surface area (TPSA) is 70.7 Å². The number of carbonyl (C=O) groups is 1. The number of nitrogens with zero attached hydrogens (tertiary/aromatic N) is 3. The van der Waals surface area contributed by atoms with E-state index in [0.717, 1.165) is 35.0 Å². The Morgan fingerprint density at radius 1 is 1.09 bits per heavy atom. The molecule has 2 aromatic carbocycles. The molecule has 0 atom stereocenters. The van der Waals surface area contributed by atoms with Crippen LogP contribution >= 0.6 is 23.2 Å². The van der Waals surface area contributed by atoms with Gasteiger partial charge in [0.1, 0.15) is 16.8 Å². The van der Waals surface area contributed by atoms with Crippen LogP contribution in [0.2, 0.25) is 10.2 Å². The van der Waals surface area contributed by atoms with Crippen LogP contribution in [-0.4, -0.2) is 15.7 Å². The van der Waals surface area contributed by atoms with Crippen LogP contribution in [0.3, 0.4) is 0 Å². The highest BCUT2D eigenvalue weighted by Crippen LogP contribution is 2.36. The molecule has 0 aliphatic carbocycles. The van der Waals surface area contributed by atoms with E-state index in [9.17, 15) is 36.4 Å². The molecule has 0 unspecified atom stereocenters. The first-order chi connectivity index (χ1) is 16.2. The van der Waals surface area contributed by atoms with Gasteiger partial charge in [-0.15, -0.1) is 0 Å². The van der Waals surface area contributed by atoms with Gasteiger partial charge in [-0.3, -0.25) is 4.79 Å². The molecule has 1 aromatic heterocycles. The van der Waals surface area contributed by atoms with Crippen molar-refractivity contribution in [3.63, 3.8) is 0 Å². The lowest BCUT2D eigenvalue weighted by Crippen LogP contribution is -2.15. The molecular weight excluding hydrogens is 521 g/mol. The van der Waals surface area contributed by atoms with Gasteiger partial charge in [-0.05, 0) is 43.3 Å². The van der Waals surface area contributed by atoms with E-state index in [1.165, 1.54) is 19.1 Å². The number of anilines is 1. The SMILES string of the molecule is Cc1nn(-c2ccccc2C(F)(F)F)c(Cl)c1/C=C(\C#N)C(=O)Nc1cc(C(F)(F)F)ccc1Cl. The third kappa shape index (κ3) is 5.61. The van der Waals surface area contributed by atoms with Gasteiger partial charge in [0.2, 0.25) is 0 Å². The minimum absolute atomic E-state index is 0.0366. The largest absolute Gasteiger partial charge is 0.418 e. The number of para-hydroxylation sites is 1. The Morgan fingerprint density at radius 2 is 1.74 bits per heavy atom.